The molecule has 1 N–H and O–H groups in total. The van der Waals surface area contributed by atoms with Gasteiger partial charge in [0.25, 0.3) is 10.0 Å². The van der Waals surface area contributed by atoms with Gasteiger partial charge in [0.05, 0.1) is 15.6 Å². The number of benzene rings is 4. The Morgan fingerprint density at radius 1 is 0.809 bits per heavy atom. The second kappa shape index (κ2) is 16.2. The van der Waals surface area contributed by atoms with Crippen LogP contribution in [-0.4, -0.2) is 44.3 Å². The van der Waals surface area contributed by atoms with E-state index in [9.17, 15) is 18.0 Å². The van der Waals surface area contributed by atoms with Crippen molar-refractivity contribution in [2.45, 2.75) is 44.7 Å². The number of carbonyl (C=O) groups is 2. The number of amides is 2. The molecule has 0 radical (unpaired) electrons. The number of hydrogen-bond donors (Lipinski definition) is 1. The minimum absolute atomic E-state index is 0.0152. The number of nitrogens with zero attached hydrogens (tertiary/aromatic N) is 2. The average Bonchev–Trinajstić information content (AvgIpc) is 3.03. The van der Waals surface area contributed by atoms with Crippen LogP contribution in [0.4, 0.5) is 5.69 Å². The van der Waals surface area contributed by atoms with Crippen LogP contribution in [0.1, 0.15) is 30.5 Å². The Morgan fingerprint density at radius 2 is 1.45 bits per heavy atom. The zero-order valence-electron chi connectivity index (χ0n) is 26.1. The third kappa shape index (κ3) is 9.64. The van der Waals surface area contributed by atoms with Crippen molar-refractivity contribution in [1.29, 1.82) is 0 Å². The number of carbonyl (C=O) groups excluding carboxylic acids is 2. The summed E-state index contributed by atoms with van der Waals surface area (Å²) in [6, 6.07) is 23.7. The maximum Gasteiger partial charge on any atom is 0.264 e. The van der Waals surface area contributed by atoms with Crippen LogP contribution in [0.15, 0.2) is 95.9 Å². The van der Waals surface area contributed by atoms with Gasteiger partial charge < -0.3 is 10.2 Å². The van der Waals surface area contributed by atoms with Gasteiger partial charge in [0, 0.05) is 34.6 Å². The van der Waals surface area contributed by atoms with Crippen molar-refractivity contribution in [3.8, 4) is 0 Å². The van der Waals surface area contributed by atoms with Crippen LogP contribution in [0, 0.1) is 12.8 Å². The van der Waals surface area contributed by atoms with Gasteiger partial charge in [0.1, 0.15) is 12.6 Å². The Labute approximate surface area is 296 Å². The summed E-state index contributed by atoms with van der Waals surface area (Å²) in [5, 5.41) is 3.94. The highest BCUT2D eigenvalue weighted by atomic mass is 35.5. The predicted octanol–water partition coefficient (Wildman–Crippen LogP) is 8.22. The van der Waals surface area contributed by atoms with Crippen molar-refractivity contribution in [3.05, 3.63) is 128 Å². The molecule has 0 aliphatic carbocycles. The minimum Gasteiger partial charge on any atom is -0.354 e. The Hall–Kier alpha value is -3.27. The van der Waals surface area contributed by atoms with Gasteiger partial charge in [-0.05, 0) is 66.4 Å². The Balaban J connectivity index is 1.85. The molecule has 0 heterocycles. The number of sulfonamides is 1. The molecule has 12 heteroatoms. The van der Waals surface area contributed by atoms with E-state index in [1.165, 1.54) is 35.2 Å². The van der Waals surface area contributed by atoms with E-state index in [1.54, 1.807) is 30.3 Å². The highest BCUT2D eigenvalue weighted by molar-refractivity contribution is 7.92. The van der Waals surface area contributed by atoms with Gasteiger partial charge in [-0.1, -0.05) is 114 Å². The summed E-state index contributed by atoms with van der Waals surface area (Å²) < 4.78 is 29.4. The van der Waals surface area contributed by atoms with E-state index in [0.717, 1.165) is 15.4 Å². The molecule has 4 aromatic rings. The molecule has 248 valence electrons. The van der Waals surface area contributed by atoms with Crippen LogP contribution in [0.25, 0.3) is 0 Å². The normalized spacial score (nSPS) is 12.1. The first-order valence-corrected chi connectivity index (χ1v) is 17.8. The van der Waals surface area contributed by atoms with E-state index in [4.69, 9.17) is 46.4 Å². The van der Waals surface area contributed by atoms with E-state index in [1.807, 2.05) is 51.1 Å². The molecule has 4 aromatic carbocycles. The van der Waals surface area contributed by atoms with Gasteiger partial charge >= 0.3 is 0 Å². The molecule has 4 rings (SSSR count). The molecule has 0 aromatic heterocycles. The zero-order valence-corrected chi connectivity index (χ0v) is 29.9. The van der Waals surface area contributed by atoms with Crippen molar-refractivity contribution >= 4 is 73.9 Å². The Morgan fingerprint density at radius 3 is 2.09 bits per heavy atom. The molecule has 0 fully saturated rings. The quantitative estimate of drug-likeness (QED) is 0.150. The summed E-state index contributed by atoms with van der Waals surface area (Å²) in [7, 11) is -4.35. The third-order valence-corrected chi connectivity index (χ3v) is 10.3. The molecule has 0 saturated carbocycles. The molecule has 0 aliphatic rings. The third-order valence-electron chi connectivity index (χ3n) is 7.38. The van der Waals surface area contributed by atoms with Crippen LogP contribution in [0.5, 0.6) is 0 Å². The van der Waals surface area contributed by atoms with Gasteiger partial charge in [-0.3, -0.25) is 13.9 Å². The van der Waals surface area contributed by atoms with E-state index >= 15 is 0 Å². The first-order valence-electron chi connectivity index (χ1n) is 14.9. The zero-order chi connectivity index (χ0) is 34.3. The standard InChI is InChI=1S/C35H35Cl4N3O4S/c1-23(2)20-40-35(44)33(17-25-7-5-4-6-8-25)41(21-26-11-12-27(36)18-31(26)39)34(43)22-42(32-19-28(37)13-16-30(32)38)47(45,46)29-14-9-24(3)10-15-29/h4-16,18-19,23,33H,17,20-22H2,1-3H3,(H,40,44). The molecule has 7 nitrogen and oxygen atoms in total. The number of nitrogens with one attached hydrogen (secondary N) is 1. The monoisotopic (exact) mass is 733 g/mol. The molecule has 2 amide bonds. The summed E-state index contributed by atoms with van der Waals surface area (Å²) in [6.45, 7) is 5.34. The number of anilines is 1. The van der Waals surface area contributed by atoms with E-state index in [-0.39, 0.29) is 39.5 Å². The van der Waals surface area contributed by atoms with E-state index < -0.39 is 34.4 Å². The highest BCUT2D eigenvalue weighted by Crippen LogP contribution is 2.34. The van der Waals surface area contributed by atoms with Crippen LogP contribution in [-0.2, 0) is 32.6 Å². The fraction of sp³-hybridized carbons (Fsp3) is 0.257. The first-order chi connectivity index (χ1) is 22.3. The van der Waals surface area contributed by atoms with Gasteiger partial charge in [-0.15, -0.1) is 0 Å². The molecule has 47 heavy (non-hydrogen) atoms. The molecule has 1 unspecified atom stereocenters. The van der Waals surface area contributed by atoms with Crippen molar-refractivity contribution in [2.75, 3.05) is 17.4 Å². The lowest BCUT2D eigenvalue weighted by molar-refractivity contribution is -0.140. The molecule has 1 atom stereocenters. The molecule has 0 aliphatic heterocycles. The topological polar surface area (TPSA) is 86.8 Å². The number of aryl methyl sites for hydroxylation is 1. The van der Waals surface area contributed by atoms with Crippen LogP contribution in [0.3, 0.4) is 0 Å². The van der Waals surface area contributed by atoms with Crippen LogP contribution < -0.4 is 9.62 Å². The number of hydrogen-bond acceptors (Lipinski definition) is 4. The summed E-state index contributed by atoms with van der Waals surface area (Å²) in [5.41, 5.74) is 2.20. The van der Waals surface area contributed by atoms with Gasteiger partial charge in [-0.25, -0.2) is 8.42 Å². The molecule has 0 bridgehead atoms. The fourth-order valence-electron chi connectivity index (χ4n) is 4.84. The smallest absolute Gasteiger partial charge is 0.264 e. The largest absolute Gasteiger partial charge is 0.354 e. The maximum atomic E-state index is 14.6. The summed E-state index contributed by atoms with van der Waals surface area (Å²) in [4.78, 5) is 29.8. The first kappa shape index (κ1) is 36.6. The van der Waals surface area contributed by atoms with Gasteiger partial charge in [0.15, 0.2) is 0 Å². The Kier molecular flexibility index (Phi) is 12.6. The second-order valence-corrected chi connectivity index (χ2v) is 15.1. The van der Waals surface area contributed by atoms with Crippen molar-refractivity contribution in [2.24, 2.45) is 5.92 Å². The Bertz CT molecular complexity index is 1820. The van der Waals surface area contributed by atoms with E-state index in [2.05, 4.69) is 5.32 Å². The molecular weight excluding hydrogens is 700 g/mol. The molecule has 0 spiro atoms. The van der Waals surface area contributed by atoms with E-state index in [0.29, 0.717) is 22.2 Å². The van der Waals surface area contributed by atoms with Crippen molar-refractivity contribution < 1.29 is 18.0 Å². The molecule has 0 saturated heterocycles. The number of halogens is 4. The summed E-state index contributed by atoms with van der Waals surface area (Å²) >= 11 is 25.6. The maximum absolute atomic E-state index is 14.6. The van der Waals surface area contributed by atoms with Gasteiger partial charge in [-0.2, -0.15) is 0 Å². The SMILES string of the molecule is Cc1ccc(S(=O)(=O)N(CC(=O)N(Cc2ccc(Cl)cc2Cl)C(Cc2ccccc2)C(=O)NCC(C)C)c2cc(Cl)ccc2Cl)cc1. The lowest BCUT2D eigenvalue weighted by Crippen LogP contribution is -2.53. The fourth-order valence-corrected chi connectivity index (χ4v) is 7.17. The summed E-state index contributed by atoms with van der Waals surface area (Å²) in [5.74, 6) is -0.913. The number of rotatable bonds is 13. The van der Waals surface area contributed by atoms with Crippen molar-refractivity contribution in [1.82, 2.24) is 10.2 Å². The predicted molar refractivity (Wildman–Crippen MR) is 191 cm³/mol. The lowest BCUT2D eigenvalue weighted by atomic mass is 10.0. The highest BCUT2D eigenvalue weighted by Gasteiger charge is 2.35. The van der Waals surface area contributed by atoms with Crippen LogP contribution >= 0.6 is 46.4 Å². The lowest BCUT2D eigenvalue weighted by Gasteiger charge is -2.34. The minimum atomic E-state index is -4.35. The summed E-state index contributed by atoms with van der Waals surface area (Å²) in [6.07, 6.45) is 0.157. The molecular formula is C35H35Cl4N3O4S. The average molecular weight is 736 g/mol. The van der Waals surface area contributed by atoms with Crippen molar-refractivity contribution in [3.63, 3.8) is 0 Å². The second-order valence-electron chi connectivity index (χ2n) is 11.5. The van der Waals surface area contributed by atoms with Gasteiger partial charge in [0.2, 0.25) is 11.8 Å². The van der Waals surface area contributed by atoms with Crippen LogP contribution in [0.2, 0.25) is 20.1 Å².